The summed E-state index contributed by atoms with van der Waals surface area (Å²) in [5, 5.41) is 4.05. The average Bonchev–Trinajstić information content (AvgIpc) is 2.67. The minimum absolute atomic E-state index is 0.0431. The Kier molecular flexibility index (Phi) is 6.16. The first kappa shape index (κ1) is 19.4. The summed E-state index contributed by atoms with van der Waals surface area (Å²) < 4.78 is 0. The molecule has 2 heterocycles. The van der Waals surface area contributed by atoms with E-state index in [-0.39, 0.29) is 5.91 Å². The molecule has 1 N–H and O–H groups in total. The Bertz CT molecular complexity index is 805. The first-order chi connectivity index (χ1) is 13.0. The highest BCUT2D eigenvalue weighted by Crippen LogP contribution is 2.21. The third kappa shape index (κ3) is 4.89. The fraction of sp³-hybridized carbons (Fsp3) is 0.450. The van der Waals surface area contributed by atoms with Gasteiger partial charge in [-0.3, -0.25) is 4.79 Å². The average molecular weight is 388 g/mol. The highest BCUT2D eigenvalue weighted by atomic mass is 35.5. The van der Waals surface area contributed by atoms with Crippen LogP contribution in [0.2, 0.25) is 5.02 Å². The van der Waals surface area contributed by atoms with Gasteiger partial charge in [0.15, 0.2) is 0 Å². The van der Waals surface area contributed by atoms with Crippen molar-refractivity contribution in [1.29, 1.82) is 0 Å². The number of aryl methyl sites for hydroxylation is 1. The normalized spacial score (nSPS) is 15.6. The number of nitrogens with one attached hydrogen (secondary N) is 1. The zero-order valence-electron chi connectivity index (χ0n) is 16.1. The molecule has 1 saturated heterocycles. The van der Waals surface area contributed by atoms with E-state index in [2.05, 4.69) is 34.0 Å². The molecule has 0 radical (unpaired) electrons. The number of amides is 1. The fourth-order valence-electron chi connectivity index (χ4n) is 3.11. The van der Waals surface area contributed by atoms with E-state index < -0.39 is 0 Å². The molecule has 144 valence electrons. The molecule has 1 aromatic heterocycles. The van der Waals surface area contributed by atoms with E-state index >= 15 is 0 Å². The number of halogens is 1. The van der Waals surface area contributed by atoms with Gasteiger partial charge in [-0.2, -0.15) is 0 Å². The van der Waals surface area contributed by atoms with Gasteiger partial charge in [0.05, 0.1) is 0 Å². The van der Waals surface area contributed by atoms with E-state index in [4.69, 9.17) is 11.6 Å². The van der Waals surface area contributed by atoms with Gasteiger partial charge in [-0.1, -0.05) is 24.6 Å². The van der Waals surface area contributed by atoms with E-state index in [1.165, 1.54) is 0 Å². The number of hydrogen-bond donors (Lipinski definition) is 1. The number of anilines is 2. The van der Waals surface area contributed by atoms with E-state index in [0.29, 0.717) is 36.5 Å². The maximum Gasteiger partial charge on any atom is 0.272 e. The van der Waals surface area contributed by atoms with Crippen LogP contribution in [0.25, 0.3) is 0 Å². The molecule has 2 aromatic rings. The molecule has 27 heavy (non-hydrogen) atoms. The number of hydrogen-bond acceptors (Lipinski definition) is 5. The Morgan fingerprint density at radius 3 is 2.63 bits per heavy atom. The number of carbonyl (C=O) groups is 1. The molecule has 3 rings (SSSR count). The lowest BCUT2D eigenvalue weighted by Crippen LogP contribution is -2.49. The second-order valence-corrected chi connectivity index (χ2v) is 7.33. The van der Waals surface area contributed by atoms with Crippen LogP contribution in [0.3, 0.4) is 0 Å². The summed E-state index contributed by atoms with van der Waals surface area (Å²) in [6.45, 7) is 8.87. The van der Waals surface area contributed by atoms with E-state index in [9.17, 15) is 4.79 Å². The van der Waals surface area contributed by atoms with Gasteiger partial charge in [0.2, 0.25) is 0 Å². The number of piperazine rings is 1. The van der Waals surface area contributed by atoms with Crippen molar-refractivity contribution in [3.05, 3.63) is 46.9 Å². The summed E-state index contributed by atoms with van der Waals surface area (Å²) in [6, 6.07) is 9.87. The summed E-state index contributed by atoms with van der Waals surface area (Å²) in [7, 11) is 0. The van der Waals surface area contributed by atoms with Crippen molar-refractivity contribution in [1.82, 2.24) is 14.9 Å². The van der Waals surface area contributed by atoms with Crippen LogP contribution in [0.5, 0.6) is 0 Å². The van der Waals surface area contributed by atoms with Gasteiger partial charge in [0.25, 0.3) is 5.91 Å². The van der Waals surface area contributed by atoms with Crippen LogP contribution >= 0.6 is 11.6 Å². The van der Waals surface area contributed by atoms with Crippen molar-refractivity contribution in [2.24, 2.45) is 0 Å². The first-order valence-electron chi connectivity index (χ1n) is 9.38. The van der Waals surface area contributed by atoms with Gasteiger partial charge in [-0.15, -0.1) is 0 Å². The highest BCUT2D eigenvalue weighted by molar-refractivity contribution is 6.30. The van der Waals surface area contributed by atoms with Crippen LogP contribution in [0, 0.1) is 6.92 Å². The lowest BCUT2D eigenvalue weighted by Gasteiger charge is -2.36. The predicted octanol–water partition coefficient (Wildman–Crippen LogP) is 3.61. The lowest BCUT2D eigenvalue weighted by molar-refractivity contribution is 0.0740. The fourth-order valence-corrected chi connectivity index (χ4v) is 3.29. The van der Waals surface area contributed by atoms with Crippen LogP contribution in [0.15, 0.2) is 30.3 Å². The van der Waals surface area contributed by atoms with Crippen molar-refractivity contribution in [3.8, 4) is 0 Å². The SMILES string of the molecule is CCC(C)Nc1cc(C(=O)N2CCN(c3cccc(Cl)c3)CC2)nc(C)n1. The van der Waals surface area contributed by atoms with Crippen molar-refractivity contribution in [2.45, 2.75) is 33.2 Å². The molecule has 0 bridgehead atoms. The molecule has 0 aliphatic carbocycles. The third-order valence-corrected chi connectivity index (χ3v) is 5.04. The van der Waals surface area contributed by atoms with Gasteiger partial charge in [-0.25, -0.2) is 9.97 Å². The molecule has 1 aliphatic heterocycles. The lowest BCUT2D eigenvalue weighted by atomic mass is 10.2. The van der Waals surface area contributed by atoms with E-state index in [1.54, 1.807) is 6.07 Å². The molecule has 0 saturated carbocycles. The Hall–Kier alpha value is -2.34. The zero-order valence-corrected chi connectivity index (χ0v) is 16.8. The first-order valence-corrected chi connectivity index (χ1v) is 9.76. The summed E-state index contributed by atoms with van der Waals surface area (Å²) in [5.74, 6) is 1.26. The van der Waals surface area contributed by atoms with Crippen LogP contribution in [0.4, 0.5) is 11.5 Å². The Labute approximate surface area is 165 Å². The van der Waals surface area contributed by atoms with Gasteiger partial charge in [-0.05, 0) is 38.5 Å². The summed E-state index contributed by atoms with van der Waals surface area (Å²) in [4.78, 5) is 25.8. The van der Waals surface area contributed by atoms with Gasteiger partial charge in [0, 0.05) is 49.0 Å². The molecule has 1 amide bonds. The molecule has 6 nitrogen and oxygen atoms in total. The standard InChI is InChI=1S/C20H26ClN5O/c1-4-14(2)22-19-13-18(23-15(3)24-19)20(27)26-10-8-25(9-11-26)17-7-5-6-16(21)12-17/h5-7,12-14H,4,8-11H2,1-3H3,(H,22,23,24). The quantitative estimate of drug-likeness (QED) is 0.849. The smallest absolute Gasteiger partial charge is 0.272 e. The minimum Gasteiger partial charge on any atom is -0.368 e. The van der Waals surface area contributed by atoms with Crippen LogP contribution < -0.4 is 10.2 Å². The Morgan fingerprint density at radius 1 is 1.22 bits per heavy atom. The minimum atomic E-state index is -0.0431. The molecule has 1 atom stereocenters. The van der Waals surface area contributed by atoms with Crippen molar-refractivity contribution < 1.29 is 4.79 Å². The number of benzene rings is 1. The van der Waals surface area contributed by atoms with Crippen molar-refractivity contribution in [2.75, 3.05) is 36.4 Å². The molecule has 0 spiro atoms. The maximum absolute atomic E-state index is 12.9. The van der Waals surface area contributed by atoms with Gasteiger partial charge >= 0.3 is 0 Å². The monoisotopic (exact) mass is 387 g/mol. The van der Waals surface area contributed by atoms with Crippen LogP contribution in [-0.2, 0) is 0 Å². The molecule has 1 aliphatic rings. The summed E-state index contributed by atoms with van der Waals surface area (Å²) in [5.41, 5.74) is 1.54. The highest BCUT2D eigenvalue weighted by Gasteiger charge is 2.24. The summed E-state index contributed by atoms with van der Waals surface area (Å²) in [6.07, 6.45) is 0.984. The van der Waals surface area contributed by atoms with E-state index in [1.807, 2.05) is 36.1 Å². The second-order valence-electron chi connectivity index (χ2n) is 6.90. The van der Waals surface area contributed by atoms with Crippen LogP contribution in [-0.4, -0.2) is 53.0 Å². The van der Waals surface area contributed by atoms with Crippen molar-refractivity contribution in [3.63, 3.8) is 0 Å². The molecule has 1 aromatic carbocycles. The Morgan fingerprint density at radius 2 is 1.96 bits per heavy atom. The van der Waals surface area contributed by atoms with Gasteiger partial charge in [0.1, 0.15) is 17.3 Å². The Balaban J connectivity index is 1.67. The molecular formula is C20H26ClN5O. The number of nitrogens with zero attached hydrogens (tertiary/aromatic N) is 4. The predicted molar refractivity (Wildman–Crippen MR) is 110 cm³/mol. The molecule has 7 heteroatoms. The number of carbonyl (C=O) groups excluding carboxylic acids is 1. The zero-order chi connectivity index (χ0) is 19.4. The maximum atomic E-state index is 12.9. The molecule has 1 fully saturated rings. The van der Waals surface area contributed by atoms with Crippen LogP contribution in [0.1, 0.15) is 36.6 Å². The number of rotatable bonds is 5. The van der Waals surface area contributed by atoms with Crippen molar-refractivity contribution >= 4 is 29.0 Å². The largest absolute Gasteiger partial charge is 0.368 e. The molecule has 1 unspecified atom stereocenters. The second kappa shape index (κ2) is 8.57. The molecular weight excluding hydrogens is 362 g/mol. The topological polar surface area (TPSA) is 61.4 Å². The summed E-state index contributed by atoms with van der Waals surface area (Å²) >= 11 is 6.09. The van der Waals surface area contributed by atoms with Gasteiger partial charge < -0.3 is 15.1 Å². The van der Waals surface area contributed by atoms with E-state index in [0.717, 1.165) is 30.2 Å². The number of aromatic nitrogens is 2. The third-order valence-electron chi connectivity index (χ3n) is 4.80.